The first-order valence-corrected chi connectivity index (χ1v) is 5.45. The van der Waals surface area contributed by atoms with E-state index in [-0.39, 0.29) is 17.9 Å². The summed E-state index contributed by atoms with van der Waals surface area (Å²) in [5.74, 6) is 5.73. The lowest BCUT2D eigenvalue weighted by atomic mass is 9.85. The second kappa shape index (κ2) is 4.67. The Morgan fingerprint density at radius 2 is 2.38 bits per heavy atom. The minimum Gasteiger partial charge on any atom is -0.493 e. The largest absolute Gasteiger partial charge is 0.493 e. The van der Waals surface area contributed by atoms with Gasteiger partial charge in [-0.25, -0.2) is 5.84 Å². The van der Waals surface area contributed by atoms with E-state index < -0.39 is 0 Å². The van der Waals surface area contributed by atoms with Crippen LogP contribution in [0.25, 0.3) is 0 Å². The highest BCUT2D eigenvalue weighted by atomic mass is 16.6. The molecule has 0 aromatic heterocycles. The normalized spacial score (nSPS) is 28.4. The zero-order chi connectivity index (χ0) is 11.5. The number of hydrazine groups is 1. The van der Waals surface area contributed by atoms with E-state index >= 15 is 0 Å². The molecule has 0 spiro atoms. The maximum Gasteiger partial charge on any atom is 0.261 e. The third kappa shape index (κ3) is 1.83. The standard InChI is InChI=1S/C11H16N2O3/c1-2-7-8(11(14)13-12)3-4-9-10(7)16-6-5-15-9/h3-4,7,10H,2,5-6,12H2,1H3,(H,13,14). The summed E-state index contributed by atoms with van der Waals surface area (Å²) in [5.41, 5.74) is 2.82. The summed E-state index contributed by atoms with van der Waals surface area (Å²) < 4.78 is 11.2. The molecule has 0 aromatic carbocycles. The van der Waals surface area contributed by atoms with Crippen LogP contribution in [0.1, 0.15) is 13.3 Å². The van der Waals surface area contributed by atoms with E-state index in [2.05, 4.69) is 5.43 Å². The summed E-state index contributed by atoms with van der Waals surface area (Å²) in [7, 11) is 0. The first kappa shape index (κ1) is 11.2. The molecular formula is C11H16N2O3. The Labute approximate surface area is 94.2 Å². The molecule has 5 nitrogen and oxygen atoms in total. The van der Waals surface area contributed by atoms with E-state index in [0.717, 1.165) is 12.2 Å². The molecule has 1 aliphatic carbocycles. The highest BCUT2D eigenvalue weighted by Gasteiger charge is 2.35. The van der Waals surface area contributed by atoms with Gasteiger partial charge in [0, 0.05) is 11.5 Å². The molecule has 1 amide bonds. The second-order valence-corrected chi connectivity index (χ2v) is 3.82. The second-order valence-electron chi connectivity index (χ2n) is 3.82. The van der Waals surface area contributed by atoms with Crippen LogP contribution in [0.4, 0.5) is 0 Å². The highest BCUT2D eigenvalue weighted by Crippen LogP contribution is 2.33. The van der Waals surface area contributed by atoms with Crippen molar-refractivity contribution in [3.8, 4) is 0 Å². The fraction of sp³-hybridized carbons (Fsp3) is 0.545. The topological polar surface area (TPSA) is 73.6 Å². The van der Waals surface area contributed by atoms with Crippen molar-refractivity contribution in [2.75, 3.05) is 13.2 Å². The quantitative estimate of drug-likeness (QED) is 0.400. The van der Waals surface area contributed by atoms with Gasteiger partial charge >= 0.3 is 0 Å². The first-order chi connectivity index (χ1) is 7.77. The third-order valence-electron chi connectivity index (χ3n) is 2.96. The van der Waals surface area contributed by atoms with Gasteiger partial charge in [-0.05, 0) is 18.6 Å². The van der Waals surface area contributed by atoms with Crippen molar-refractivity contribution in [2.24, 2.45) is 11.8 Å². The van der Waals surface area contributed by atoms with Crippen molar-refractivity contribution in [1.82, 2.24) is 5.43 Å². The molecule has 0 saturated carbocycles. The summed E-state index contributed by atoms with van der Waals surface area (Å²) in [6.07, 6.45) is 4.22. The Bertz CT molecular complexity index is 349. The van der Waals surface area contributed by atoms with Crippen molar-refractivity contribution >= 4 is 5.91 Å². The van der Waals surface area contributed by atoms with Crippen molar-refractivity contribution in [2.45, 2.75) is 19.4 Å². The van der Waals surface area contributed by atoms with Gasteiger partial charge in [0.1, 0.15) is 18.5 Å². The number of fused-ring (bicyclic) bond motifs is 1. The van der Waals surface area contributed by atoms with Crippen LogP contribution < -0.4 is 11.3 Å². The summed E-state index contributed by atoms with van der Waals surface area (Å²) in [6.45, 7) is 3.16. The van der Waals surface area contributed by atoms with Gasteiger partial charge in [0.05, 0.1) is 6.61 Å². The smallest absolute Gasteiger partial charge is 0.261 e. The number of carbonyl (C=O) groups excluding carboxylic acids is 1. The van der Waals surface area contributed by atoms with Gasteiger partial charge in [0.2, 0.25) is 0 Å². The molecule has 1 saturated heterocycles. The molecule has 0 bridgehead atoms. The zero-order valence-corrected chi connectivity index (χ0v) is 9.23. The number of carbonyl (C=O) groups is 1. The molecule has 2 atom stereocenters. The maximum absolute atomic E-state index is 11.6. The Balaban J connectivity index is 2.27. The Morgan fingerprint density at radius 1 is 1.56 bits per heavy atom. The van der Waals surface area contributed by atoms with Gasteiger partial charge in [-0.3, -0.25) is 10.2 Å². The van der Waals surface area contributed by atoms with E-state index in [1.165, 1.54) is 0 Å². The minimum absolute atomic E-state index is 0.0175. The molecule has 2 rings (SSSR count). The molecule has 2 aliphatic rings. The number of nitrogens with two attached hydrogens (primary N) is 1. The van der Waals surface area contributed by atoms with Crippen molar-refractivity contribution < 1.29 is 14.3 Å². The fourth-order valence-corrected chi connectivity index (χ4v) is 2.18. The molecular weight excluding hydrogens is 208 g/mol. The number of ether oxygens (including phenoxy) is 2. The van der Waals surface area contributed by atoms with Crippen LogP contribution in [0, 0.1) is 5.92 Å². The molecule has 0 aromatic rings. The van der Waals surface area contributed by atoms with Crippen LogP contribution in [0.2, 0.25) is 0 Å². The van der Waals surface area contributed by atoms with Crippen molar-refractivity contribution in [3.05, 3.63) is 23.5 Å². The average Bonchev–Trinajstić information content (AvgIpc) is 2.36. The van der Waals surface area contributed by atoms with E-state index in [9.17, 15) is 4.79 Å². The number of hydrogen-bond donors (Lipinski definition) is 2. The van der Waals surface area contributed by atoms with Gasteiger partial charge in [-0.1, -0.05) is 6.92 Å². The van der Waals surface area contributed by atoms with Gasteiger partial charge in [-0.15, -0.1) is 0 Å². The maximum atomic E-state index is 11.6. The Kier molecular flexibility index (Phi) is 3.26. The summed E-state index contributed by atoms with van der Waals surface area (Å²) in [4.78, 5) is 11.6. The lowest BCUT2D eigenvalue weighted by molar-refractivity contribution is -0.119. The summed E-state index contributed by atoms with van der Waals surface area (Å²) in [5, 5.41) is 0. The van der Waals surface area contributed by atoms with Gasteiger partial charge < -0.3 is 9.47 Å². The molecule has 1 aliphatic heterocycles. The number of allylic oxidation sites excluding steroid dienone is 2. The summed E-state index contributed by atoms with van der Waals surface area (Å²) >= 11 is 0. The van der Waals surface area contributed by atoms with Gasteiger partial charge in [-0.2, -0.15) is 0 Å². The number of rotatable bonds is 2. The van der Waals surface area contributed by atoms with Crippen molar-refractivity contribution in [3.63, 3.8) is 0 Å². The van der Waals surface area contributed by atoms with Crippen LogP contribution in [0.15, 0.2) is 23.5 Å². The molecule has 16 heavy (non-hydrogen) atoms. The third-order valence-corrected chi connectivity index (χ3v) is 2.96. The predicted octanol–water partition coefficient (Wildman–Crippen LogP) is 0.242. The monoisotopic (exact) mass is 224 g/mol. The van der Waals surface area contributed by atoms with Crippen LogP contribution in [-0.4, -0.2) is 25.2 Å². The van der Waals surface area contributed by atoms with E-state index in [1.807, 2.05) is 6.92 Å². The SMILES string of the molecule is CCC1C(C(=O)NN)=CC=C2OCCOC21. The average molecular weight is 224 g/mol. The Morgan fingerprint density at radius 3 is 3.06 bits per heavy atom. The molecule has 2 unspecified atom stereocenters. The van der Waals surface area contributed by atoms with E-state index in [4.69, 9.17) is 15.3 Å². The molecule has 88 valence electrons. The molecule has 3 N–H and O–H groups in total. The lowest BCUT2D eigenvalue weighted by Gasteiger charge is -2.35. The molecule has 0 radical (unpaired) electrons. The number of hydrogen-bond acceptors (Lipinski definition) is 4. The number of nitrogens with one attached hydrogen (secondary N) is 1. The van der Waals surface area contributed by atoms with Crippen LogP contribution in [-0.2, 0) is 14.3 Å². The van der Waals surface area contributed by atoms with Crippen LogP contribution >= 0.6 is 0 Å². The molecule has 1 heterocycles. The Hall–Kier alpha value is -1.33. The van der Waals surface area contributed by atoms with E-state index in [1.54, 1.807) is 12.2 Å². The fourth-order valence-electron chi connectivity index (χ4n) is 2.18. The first-order valence-electron chi connectivity index (χ1n) is 5.45. The minimum atomic E-state index is -0.253. The van der Waals surface area contributed by atoms with E-state index in [0.29, 0.717) is 18.8 Å². The molecule has 5 heteroatoms. The van der Waals surface area contributed by atoms with Gasteiger partial charge in [0.25, 0.3) is 5.91 Å². The number of amides is 1. The zero-order valence-electron chi connectivity index (χ0n) is 9.23. The van der Waals surface area contributed by atoms with Crippen LogP contribution in [0.3, 0.4) is 0 Å². The lowest BCUT2D eigenvalue weighted by Crippen LogP contribution is -2.41. The van der Waals surface area contributed by atoms with Crippen molar-refractivity contribution in [1.29, 1.82) is 0 Å². The van der Waals surface area contributed by atoms with Crippen LogP contribution in [0.5, 0.6) is 0 Å². The predicted molar refractivity (Wildman–Crippen MR) is 58.0 cm³/mol. The summed E-state index contributed by atoms with van der Waals surface area (Å²) in [6, 6.07) is 0. The van der Waals surface area contributed by atoms with Gasteiger partial charge in [0.15, 0.2) is 0 Å². The molecule has 1 fully saturated rings. The highest BCUT2D eigenvalue weighted by molar-refractivity contribution is 5.94.